The molecule has 8 heterocycles. The third kappa shape index (κ3) is 3.80. The molecule has 9 heteroatoms. The Morgan fingerprint density at radius 3 is 1.71 bits per heavy atom. The minimum absolute atomic E-state index is 0.0804. The molecular weight excluding hydrogens is 528 g/mol. The first-order valence-electron chi connectivity index (χ1n) is 16.6. The van der Waals surface area contributed by atoms with Gasteiger partial charge in [0, 0.05) is 31.1 Å². The molecule has 8 aliphatic heterocycles. The Balaban J connectivity index is 1.06. The van der Waals surface area contributed by atoms with E-state index in [9.17, 15) is 5.11 Å². The first-order chi connectivity index (χ1) is 19.5. The summed E-state index contributed by atoms with van der Waals surface area (Å²) < 4.78 is 26.7. The summed E-state index contributed by atoms with van der Waals surface area (Å²) in [5.41, 5.74) is -1.22. The van der Waals surface area contributed by atoms with Gasteiger partial charge < -0.3 is 24.1 Å². The van der Waals surface area contributed by atoms with Gasteiger partial charge in [0.2, 0.25) is 11.6 Å². The van der Waals surface area contributed by atoms with Crippen molar-refractivity contribution in [3.8, 4) is 0 Å². The van der Waals surface area contributed by atoms with Crippen molar-refractivity contribution in [2.24, 2.45) is 47.3 Å². The van der Waals surface area contributed by atoms with Crippen LogP contribution in [0.25, 0.3) is 0 Å². The van der Waals surface area contributed by atoms with Crippen LogP contribution in [-0.4, -0.2) is 58.8 Å². The van der Waals surface area contributed by atoms with Gasteiger partial charge in [-0.25, -0.2) is 19.6 Å². The third-order valence-corrected chi connectivity index (χ3v) is 13.4. The lowest BCUT2D eigenvalue weighted by atomic mass is 9.56. The number of aliphatic hydroxyl groups is 1. The number of ether oxygens (including phenoxy) is 4. The van der Waals surface area contributed by atoms with Crippen molar-refractivity contribution in [3.63, 3.8) is 0 Å². The summed E-state index contributed by atoms with van der Waals surface area (Å²) in [5.74, 6) is 0.712. The van der Waals surface area contributed by atoms with Crippen LogP contribution >= 0.6 is 0 Å². The lowest BCUT2D eigenvalue weighted by Crippen LogP contribution is -2.72. The van der Waals surface area contributed by atoms with E-state index < -0.39 is 41.5 Å². The first kappa shape index (κ1) is 28.1. The molecule has 0 amide bonds. The topological polar surface area (TPSA) is 94.1 Å². The van der Waals surface area contributed by atoms with Crippen LogP contribution in [0, 0.1) is 47.3 Å². The zero-order valence-corrected chi connectivity index (χ0v) is 25.6. The van der Waals surface area contributed by atoms with Crippen molar-refractivity contribution in [3.05, 3.63) is 0 Å². The van der Waals surface area contributed by atoms with Crippen LogP contribution in [0.2, 0.25) is 0 Å². The molecule has 2 spiro atoms. The second-order valence-electron chi connectivity index (χ2n) is 15.6. The summed E-state index contributed by atoms with van der Waals surface area (Å²) in [7, 11) is 0. The largest absolute Gasteiger partial charge is 0.390 e. The Bertz CT molecular complexity index is 1040. The summed E-state index contributed by atoms with van der Waals surface area (Å²) in [4.78, 5) is 24.6. The number of hydrogen-bond donors (Lipinski definition) is 1. The quantitative estimate of drug-likeness (QED) is 0.451. The highest BCUT2D eigenvalue weighted by Gasteiger charge is 2.71. The van der Waals surface area contributed by atoms with Crippen LogP contribution < -0.4 is 0 Å². The fraction of sp³-hybridized carbons (Fsp3) is 1.00. The fourth-order valence-corrected chi connectivity index (χ4v) is 11.0. The van der Waals surface area contributed by atoms with Crippen molar-refractivity contribution in [1.82, 2.24) is 0 Å². The second kappa shape index (κ2) is 9.33. The van der Waals surface area contributed by atoms with Crippen LogP contribution in [0.4, 0.5) is 0 Å². The van der Waals surface area contributed by atoms with E-state index in [4.69, 9.17) is 38.5 Å². The summed E-state index contributed by atoms with van der Waals surface area (Å²) in [6, 6.07) is 0. The molecule has 10 aliphatic rings. The fourth-order valence-electron chi connectivity index (χ4n) is 11.0. The second-order valence-corrected chi connectivity index (χ2v) is 15.6. The van der Waals surface area contributed by atoms with Crippen molar-refractivity contribution in [2.75, 3.05) is 0 Å². The van der Waals surface area contributed by atoms with Gasteiger partial charge in [-0.2, -0.15) is 0 Å². The van der Waals surface area contributed by atoms with E-state index in [2.05, 4.69) is 27.7 Å². The van der Waals surface area contributed by atoms with Crippen molar-refractivity contribution >= 4 is 0 Å². The van der Waals surface area contributed by atoms with Crippen molar-refractivity contribution < 1.29 is 43.6 Å². The van der Waals surface area contributed by atoms with Gasteiger partial charge in [-0.3, -0.25) is 0 Å². The third-order valence-electron chi connectivity index (χ3n) is 13.4. The smallest absolute Gasteiger partial charge is 0.201 e. The van der Waals surface area contributed by atoms with Crippen molar-refractivity contribution in [1.29, 1.82) is 0 Å². The van der Waals surface area contributed by atoms with Gasteiger partial charge in [0.15, 0.2) is 23.8 Å². The Kier molecular flexibility index (Phi) is 6.40. The standard InChI is InChI=1S/C32H50O9/c1-16-7-9-22-18(3)25(34-27-31(22)20(16)11-13-29(5,36-27)38-40-31)15-24(33)26-19(4)23-10-8-17(2)21-12-14-30(6)37-28(35-26)32(21,23)41-39-30/h16-28,33H,7-15H2,1-6H3/t16-,17-,18-,19-,20+,21+,22+,23+,24+,25-,26?,27-,28-,29+,30+,31-,32-/m1/s1. The molecular formula is C32H50O9. The Morgan fingerprint density at radius 2 is 1.15 bits per heavy atom. The summed E-state index contributed by atoms with van der Waals surface area (Å²) in [6.45, 7) is 13.0. The molecule has 4 bridgehead atoms. The molecule has 41 heavy (non-hydrogen) atoms. The van der Waals surface area contributed by atoms with E-state index in [-0.39, 0.29) is 35.9 Å². The zero-order chi connectivity index (χ0) is 28.5. The molecule has 2 saturated carbocycles. The molecule has 232 valence electrons. The molecule has 2 aliphatic carbocycles. The lowest BCUT2D eigenvalue weighted by Gasteiger charge is -2.62. The SMILES string of the molecule is C[C@H]1[C@@H](C[C@H](O)C2O[C@@H]3O[C@]4(C)CC[C@H]5[C@H](C)CC[C@@H]([C@H]2C)[C@@]35OO4)O[C@@H]2O[C@]3(C)CC[C@H]4[C@H](C)CC[C@@H]1[C@@]24OO3. The summed E-state index contributed by atoms with van der Waals surface area (Å²) in [6.07, 6.45) is 6.07. The first-order valence-corrected chi connectivity index (χ1v) is 16.6. The molecule has 10 fully saturated rings. The molecule has 0 aromatic rings. The average Bonchev–Trinajstić information content (AvgIpc) is 3.31. The van der Waals surface area contributed by atoms with Gasteiger partial charge in [-0.15, -0.1) is 0 Å². The van der Waals surface area contributed by atoms with Crippen LogP contribution in [-0.2, 0) is 38.5 Å². The minimum atomic E-state index is -0.827. The number of rotatable bonds is 3. The van der Waals surface area contributed by atoms with E-state index in [1.165, 1.54) is 0 Å². The highest BCUT2D eigenvalue weighted by atomic mass is 17.3. The lowest BCUT2D eigenvalue weighted by molar-refractivity contribution is -0.573. The summed E-state index contributed by atoms with van der Waals surface area (Å²) in [5, 5.41) is 11.9. The maximum absolute atomic E-state index is 11.9. The van der Waals surface area contributed by atoms with Gasteiger partial charge in [0.1, 0.15) is 0 Å². The molecule has 0 radical (unpaired) electrons. The normalized spacial score (nSPS) is 61.8. The van der Waals surface area contributed by atoms with Crippen LogP contribution in [0.5, 0.6) is 0 Å². The predicted octanol–water partition coefficient (Wildman–Crippen LogP) is 5.24. The molecule has 10 rings (SSSR count). The molecule has 1 unspecified atom stereocenters. The van der Waals surface area contributed by atoms with E-state index in [0.717, 1.165) is 51.4 Å². The number of aliphatic hydroxyl groups excluding tert-OH is 1. The molecule has 8 saturated heterocycles. The van der Waals surface area contributed by atoms with Crippen LogP contribution in [0.3, 0.4) is 0 Å². The van der Waals surface area contributed by atoms with E-state index in [1.54, 1.807) is 0 Å². The molecule has 1 N–H and O–H groups in total. The van der Waals surface area contributed by atoms with Gasteiger partial charge in [-0.05, 0) is 87.9 Å². The summed E-state index contributed by atoms with van der Waals surface area (Å²) >= 11 is 0. The van der Waals surface area contributed by atoms with Crippen LogP contribution in [0.1, 0.15) is 99.3 Å². The zero-order valence-electron chi connectivity index (χ0n) is 25.6. The van der Waals surface area contributed by atoms with Crippen molar-refractivity contribution in [2.45, 2.75) is 153 Å². The van der Waals surface area contributed by atoms with E-state index in [1.807, 2.05) is 13.8 Å². The van der Waals surface area contributed by atoms with E-state index >= 15 is 0 Å². The Hall–Kier alpha value is -0.360. The molecule has 17 atom stereocenters. The molecule has 0 aromatic heterocycles. The van der Waals surface area contributed by atoms with Gasteiger partial charge in [0.25, 0.3) is 0 Å². The Labute approximate surface area is 244 Å². The number of fused-ring (bicyclic) bond motifs is 4. The van der Waals surface area contributed by atoms with Crippen LogP contribution in [0.15, 0.2) is 0 Å². The monoisotopic (exact) mass is 578 g/mol. The van der Waals surface area contributed by atoms with E-state index in [0.29, 0.717) is 30.1 Å². The maximum atomic E-state index is 11.9. The van der Waals surface area contributed by atoms with Gasteiger partial charge >= 0.3 is 0 Å². The number of hydrogen-bond acceptors (Lipinski definition) is 9. The van der Waals surface area contributed by atoms with Gasteiger partial charge in [-0.1, -0.05) is 27.7 Å². The highest BCUT2D eigenvalue weighted by Crippen LogP contribution is 2.63. The highest BCUT2D eigenvalue weighted by molar-refractivity contribution is 5.12. The Morgan fingerprint density at radius 1 is 0.634 bits per heavy atom. The molecule has 0 aromatic carbocycles. The molecule has 9 nitrogen and oxygen atoms in total. The average molecular weight is 579 g/mol. The van der Waals surface area contributed by atoms with Gasteiger partial charge in [0.05, 0.1) is 18.3 Å². The maximum Gasteiger partial charge on any atom is 0.201 e. The minimum Gasteiger partial charge on any atom is -0.390 e. The predicted molar refractivity (Wildman–Crippen MR) is 144 cm³/mol.